The van der Waals surface area contributed by atoms with Crippen LogP contribution in [0, 0.1) is 16.0 Å². The molecule has 2 aromatic rings. The number of benzene rings is 2. The summed E-state index contributed by atoms with van der Waals surface area (Å²) in [5.74, 6) is -3.34. The van der Waals surface area contributed by atoms with E-state index < -0.39 is 47.1 Å². The van der Waals surface area contributed by atoms with Gasteiger partial charge in [-0.2, -0.15) is 0 Å². The van der Waals surface area contributed by atoms with Gasteiger partial charge < -0.3 is 55.4 Å². The molecule has 0 bridgehead atoms. The van der Waals surface area contributed by atoms with Crippen molar-refractivity contribution in [2.75, 3.05) is 58.1 Å². The summed E-state index contributed by atoms with van der Waals surface area (Å²) in [6.07, 6.45) is 0.717. The highest BCUT2D eigenvalue weighted by molar-refractivity contribution is 6.23. The molecule has 3 atom stereocenters. The number of urea groups is 1. The third kappa shape index (κ3) is 18.4. The Hall–Kier alpha value is -6.49. The number of primary amides is 1. The number of ether oxygens (including phenoxy) is 6. The summed E-state index contributed by atoms with van der Waals surface area (Å²) >= 11 is 0. The minimum absolute atomic E-state index is 0.0234. The van der Waals surface area contributed by atoms with Gasteiger partial charge in [0.2, 0.25) is 18.0 Å². The van der Waals surface area contributed by atoms with E-state index in [2.05, 4.69) is 21.3 Å². The number of nitro benzene ring substituents is 1. The van der Waals surface area contributed by atoms with E-state index in [1.165, 1.54) is 24.3 Å². The predicted octanol–water partition coefficient (Wildman–Crippen LogP) is 2.05. The van der Waals surface area contributed by atoms with Crippen LogP contribution in [0.2, 0.25) is 0 Å². The standard InChI is InChI=1S/C40H53N7O15/c1-26(2)35(36(51)43-27(3)5-4-17-42-39(41)53)45-32(48)16-18-57-19-20-58-21-22-59-23-24-60-37(38(52)46-33(49)14-15-34(46)50)44-29-8-6-28(7-9-29)25-61-40(54)62-31-12-10-30(11-13-31)47(55)56/h6-15,26-27,35,37,44H,4-5,16-25H2,1-3H3,(H,43,51)(H,45,48)(H3,41,42,53)/t27-,35-,37?/m0/s1. The van der Waals surface area contributed by atoms with E-state index in [0.717, 1.165) is 12.2 Å². The fourth-order valence-electron chi connectivity index (χ4n) is 5.40. The smallest absolute Gasteiger partial charge is 0.429 e. The van der Waals surface area contributed by atoms with Gasteiger partial charge in [-0.15, -0.1) is 0 Å². The Morgan fingerprint density at radius 1 is 0.806 bits per heavy atom. The van der Waals surface area contributed by atoms with Crippen molar-refractivity contribution in [3.8, 4) is 5.75 Å². The molecule has 22 nitrogen and oxygen atoms in total. The summed E-state index contributed by atoms with van der Waals surface area (Å²) in [6.45, 7) is 6.50. The maximum Gasteiger partial charge on any atom is 0.514 e. The van der Waals surface area contributed by atoms with Gasteiger partial charge in [-0.25, -0.2) is 14.5 Å². The van der Waals surface area contributed by atoms with E-state index in [0.29, 0.717) is 35.5 Å². The van der Waals surface area contributed by atoms with Crippen molar-refractivity contribution in [1.29, 1.82) is 0 Å². The Balaban J connectivity index is 1.32. The number of imide groups is 3. The predicted molar refractivity (Wildman–Crippen MR) is 218 cm³/mol. The molecule has 7 amide bonds. The maximum absolute atomic E-state index is 13.2. The van der Waals surface area contributed by atoms with E-state index in [1.54, 1.807) is 24.3 Å². The molecule has 1 unspecified atom stereocenters. The number of nitrogens with zero attached hydrogens (tertiary/aromatic N) is 2. The van der Waals surface area contributed by atoms with E-state index in [-0.39, 0.29) is 94.5 Å². The molecule has 1 aliphatic heterocycles. The summed E-state index contributed by atoms with van der Waals surface area (Å²) in [5, 5.41) is 21.8. The van der Waals surface area contributed by atoms with E-state index in [1.807, 2.05) is 20.8 Å². The van der Waals surface area contributed by atoms with Gasteiger partial charge in [0.1, 0.15) is 18.4 Å². The van der Waals surface area contributed by atoms with Crippen LogP contribution < -0.4 is 31.7 Å². The topological polar surface area (TPSA) is 295 Å². The fourth-order valence-corrected chi connectivity index (χ4v) is 5.40. The Kier molecular flexibility index (Phi) is 21.4. The van der Waals surface area contributed by atoms with Crippen molar-refractivity contribution < 1.29 is 66.9 Å². The molecule has 0 radical (unpaired) electrons. The number of hydrogen-bond acceptors (Lipinski definition) is 16. The fraction of sp³-hybridized carbons (Fsp3) is 0.475. The lowest BCUT2D eigenvalue weighted by Gasteiger charge is -2.24. The summed E-state index contributed by atoms with van der Waals surface area (Å²) < 4.78 is 32.2. The molecule has 0 spiro atoms. The van der Waals surface area contributed by atoms with E-state index in [9.17, 15) is 43.7 Å². The third-order valence-corrected chi connectivity index (χ3v) is 8.61. The molecule has 2 aromatic carbocycles. The molecule has 22 heteroatoms. The monoisotopic (exact) mass is 871 g/mol. The molecule has 0 fully saturated rings. The van der Waals surface area contributed by atoms with Crippen molar-refractivity contribution >= 4 is 53.1 Å². The molecule has 3 rings (SSSR count). The summed E-state index contributed by atoms with van der Waals surface area (Å²) in [4.78, 5) is 96.4. The number of carbonyl (C=O) groups excluding carboxylic acids is 7. The van der Waals surface area contributed by atoms with Crippen molar-refractivity contribution in [2.24, 2.45) is 11.7 Å². The van der Waals surface area contributed by atoms with Gasteiger partial charge in [-0.3, -0.25) is 34.1 Å². The first-order chi connectivity index (χ1) is 29.6. The highest BCUT2D eigenvalue weighted by atomic mass is 16.7. The largest absolute Gasteiger partial charge is 0.514 e. The lowest BCUT2D eigenvalue weighted by Crippen LogP contribution is -2.51. The molecular formula is C40H53N7O15. The van der Waals surface area contributed by atoms with Crippen LogP contribution in [0.1, 0.15) is 45.6 Å². The van der Waals surface area contributed by atoms with Gasteiger partial charge in [-0.05, 0) is 55.5 Å². The molecule has 0 aromatic heterocycles. The van der Waals surface area contributed by atoms with Crippen LogP contribution in [-0.4, -0.2) is 123 Å². The number of carbonyl (C=O) groups is 7. The van der Waals surface area contributed by atoms with Gasteiger partial charge >= 0.3 is 12.2 Å². The summed E-state index contributed by atoms with van der Waals surface area (Å²) in [6, 6.07) is 9.61. The second kappa shape index (κ2) is 26.7. The highest BCUT2D eigenvalue weighted by Gasteiger charge is 2.36. The zero-order valence-corrected chi connectivity index (χ0v) is 34.7. The van der Waals surface area contributed by atoms with E-state index >= 15 is 0 Å². The van der Waals surface area contributed by atoms with Crippen LogP contribution in [0.15, 0.2) is 60.7 Å². The zero-order valence-electron chi connectivity index (χ0n) is 34.7. The number of nitro groups is 1. The minimum Gasteiger partial charge on any atom is -0.429 e. The number of nitrogens with two attached hydrogens (primary N) is 1. The highest BCUT2D eigenvalue weighted by Crippen LogP contribution is 2.19. The van der Waals surface area contributed by atoms with Crippen LogP contribution >= 0.6 is 0 Å². The SMILES string of the molecule is CC(C)[C@H](NC(=O)CCOCCOCCOCCOC(Nc1ccc(COC(=O)Oc2ccc([N+](=O)[O-])cc2)cc1)C(=O)N1C(=O)C=CC1=O)C(=O)N[C@@H](C)CCCNC(N)=O. The molecule has 0 aliphatic carbocycles. The first kappa shape index (κ1) is 49.9. The van der Waals surface area contributed by atoms with Crippen molar-refractivity contribution in [3.05, 3.63) is 76.4 Å². The summed E-state index contributed by atoms with van der Waals surface area (Å²) in [7, 11) is 0. The molecular weight excluding hydrogens is 818 g/mol. The number of amides is 7. The molecule has 0 saturated heterocycles. The van der Waals surface area contributed by atoms with Crippen LogP contribution in [0.25, 0.3) is 0 Å². The molecule has 0 saturated carbocycles. The molecule has 1 aliphatic rings. The maximum atomic E-state index is 13.2. The first-order valence-corrected chi connectivity index (χ1v) is 19.7. The minimum atomic E-state index is -1.47. The molecule has 62 heavy (non-hydrogen) atoms. The number of anilines is 1. The van der Waals surface area contributed by atoms with Gasteiger partial charge in [-0.1, -0.05) is 26.0 Å². The normalized spacial score (nSPS) is 13.6. The average Bonchev–Trinajstić information content (AvgIpc) is 3.57. The van der Waals surface area contributed by atoms with E-state index in [4.69, 9.17) is 34.2 Å². The number of nitrogens with one attached hydrogen (secondary N) is 4. The van der Waals surface area contributed by atoms with Gasteiger partial charge in [0, 0.05) is 49.0 Å². The van der Waals surface area contributed by atoms with Crippen molar-refractivity contribution in [3.63, 3.8) is 0 Å². The quantitative estimate of drug-likeness (QED) is 0.0155. The second-order valence-corrected chi connectivity index (χ2v) is 13.9. The number of non-ortho nitro benzene ring substituents is 1. The lowest BCUT2D eigenvalue weighted by molar-refractivity contribution is -0.384. The number of rotatable bonds is 28. The van der Waals surface area contributed by atoms with Gasteiger partial charge in [0.25, 0.3) is 23.4 Å². The van der Waals surface area contributed by atoms with Crippen LogP contribution in [0.5, 0.6) is 5.75 Å². The molecule has 1 heterocycles. The Labute approximate surface area is 357 Å². The summed E-state index contributed by atoms with van der Waals surface area (Å²) in [5.41, 5.74) is 5.78. The van der Waals surface area contributed by atoms with Gasteiger partial charge in [0.05, 0.1) is 51.2 Å². The Bertz CT molecular complexity index is 1840. The third-order valence-electron chi connectivity index (χ3n) is 8.61. The second-order valence-electron chi connectivity index (χ2n) is 13.9. The molecule has 6 N–H and O–H groups in total. The first-order valence-electron chi connectivity index (χ1n) is 19.7. The van der Waals surface area contributed by atoms with Crippen LogP contribution in [0.3, 0.4) is 0 Å². The zero-order chi connectivity index (χ0) is 45.4. The molecule has 338 valence electrons. The average molecular weight is 872 g/mol. The van der Waals surface area contributed by atoms with Crippen LogP contribution in [-0.2, 0) is 54.3 Å². The van der Waals surface area contributed by atoms with Crippen LogP contribution in [0.4, 0.5) is 21.0 Å². The Morgan fingerprint density at radius 3 is 1.98 bits per heavy atom. The van der Waals surface area contributed by atoms with Gasteiger partial charge in [0.15, 0.2) is 0 Å². The van der Waals surface area contributed by atoms with Crippen molar-refractivity contribution in [1.82, 2.24) is 20.9 Å². The lowest BCUT2D eigenvalue weighted by atomic mass is 10.0. The number of hydrogen-bond donors (Lipinski definition) is 5. The van der Waals surface area contributed by atoms with Crippen molar-refractivity contribution in [2.45, 2.75) is 65.0 Å². The Morgan fingerprint density at radius 2 is 1.40 bits per heavy atom.